The lowest BCUT2D eigenvalue weighted by molar-refractivity contribution is -0.136. The Morgan fingerprint density at radius 2 is 1.95 bits per heavy atom. The van der Waals surface area contributed by atoms with Crippen LogP contribution in [0.25, 0.3) is 0 Å². The van der Waals surface area contributed by atoms with Crippen LogP contribution in [0.5, 0.6) is 0 Å². The summed E-state index contributed by atoms with van der Waals surface area (Å²) in [5.74, 6) is -0.895. The summed E-state index contributed by atoms with van der Waals surface area (Å²) >= 11 is 0. The van der Waals surface area contributed by atoms with Crippen molar-refractivity contribution in [2.75, 3.05) is 18.4 Å². The van der Waals surface area contributed by atoms with Crippen molar-refractivity contribution < 1.29 is 14.7 Å². The normalized spacial score (nSPS) is 17.2. The second kappa shape index (κ2) is 6.72. The van der Waals surface area contributed by atoms with Crippen molar-refractivity contribution in [2.45, 2.75) is 32.6 Å². The molecule has 0 radical (unpaired) electrons. The van der Waals surface area contributed by atoms with Crippen LogP contribution in [-0.2, 0) is 16.0 Å². The van der Waals surface area contributed by atoms with Gasteiger partial charge in [0.05, 0.1) is 11.8 Å². The fourth-order valence-corrected chi connectivity index (χ4v) is 2.86. The standard InChI is InChI=1S/C16H22N2O3/c1-2-16(7-9-17-10-8-16)15(21)18-13-6-4-3-5-12(13)11-14(19)20/h3-6,17H,2,7-11H2,1H3,(H,18,21)(H,19,20). The number of carbonyl (C=O) groups is 2. The minimum absolute atomic E-state index is 0.00402. The number of nitrogens with one attached hydrogen (secondary N) is 2. The molecule has 1 heterocycles. The monoisotopic (exact) mass is 290 g/mol. The average molecular weight is 290 g/mol. The highest BCUT2D eigenvalue weighted by molar-refractivity contribution is 5.96. The number of carbonyl (C=O) groups excluding carboxylic acids is 1. The number of aliphatic carboxylic acids is 1. The van der Waals surface area contributed by atoms with Crippen LogP contribution in [0, 0.1) is 5.41 Å². The van der Waals surface area contributed by atoms with E-state index in [-0.39, 0.29) is 17.7 Å². The Morgan fingerprint density at radius 1 is 1.29 bits per heavy atom. The third-order valence-corrected chi connectivity index (χ3v) is 4.33. The molecule has 1 fully saturated rings. The predicted molar refractivity (Wildman–Crippen MR) is 81.2 cm³/mol. The molecule has 0 spiro atoms. The van der Waals surface area contributed by atoms with E-state index in [0.29, 0.717) is 11.3 Å². The van der Waals surface area contributed by atoms with Crippen LogP contribution in [-0.4, -0.2) is 30.1 Å². The number of anilines is 1. The van der Waals surface area contributed by atoms with Gasteiger partial charge in [-0.2, -0.15) is 0 Å². The van der Waals surface area contributed by atoms with E-state index in [1.807, 2.05) is 13.0 Å². The molecule has 0 unspecified atom stereocenters. The first-order valence-electron chi connectivity index (χ1n) is 7.39. The number of rotatable bonds is 5. The van der Waals surface area contributed by atoms with Crippen LogP contribution in [0.2, 0.25) is 0 Å². The van der Waals surface area contributed by atoms with Crippen molar-refractivity contribution in [3.05, 3.63) is 29.8 Å². The van der Waals surface area contributed by atoms with Crippen LogP contribution in [0.3, 0.4) is 0 Å². The molecule has 5 heteroatoms. The quantitative estimate of drug-likeness (QED) is 0.775. The molecule has 0 aromatic heterocycles. The van der Waals surface area contributed by atoms with Crippen LogP contribution >= 0.6 is 0 Å². The maximum Gasteiger partial charge on any atom is 0.307 e. The van der Waals surface area contributed by atoms with E-state index in [9.17, 15) is 9.59 Å². The van der Waals surface area contributed by atoms with Gasteiger partial charge in [0, 0.05) is 5.69 Å². The van der Waals surface area contributed by atoms with Crippen molar-refractivity contribution >= 4 is 17.6 Å². The van der Waals surface area contributed by atoms with Gasteiger partial charge < -0.3 is 15.7 Å². The first-order valence-corrected chi connectivity index (χ1v) is 7.39. The SMILES string of the molecule is CCC1(C(=O)Nc2ccccc2CC(=O)O)CCNCC1. The average Bonchev–Trinajstić information content (AvgIpc) is 2.49. The summed E-state index contributed by atoms with van der Waals surface area (Å²) in [6, 6.07) is 7.10. The third-order valence-electron chi connectivity index (χ3n) is 4.33. The lowest BCUT2D eigenvalue weighted by atomic mass is 9.76. The van der Waals surface area contributed by atoms with Crippen LogP contribution in [0.4, 0.5) is 5.69 Å². The molecule has 1 aromatic carbocycles. The minimum atomic E-state index is -0.899. The second-order valence-corrected chi connectivity index (χ2v) is 5.57. The maximum absolute atomic E-state index is 12.7. The number of carboxylic acids is 1. The van der Waals surface area contributed by atoms with Gasteiger partial charge in [-0.1, -0.05) is 25.1 Å². The smallest absolute Gasteiger partial charge is 0.307 e. The predicted octanol–water partition coefficient (Wildman–Crippen LogP) is 2.03. The lowest BCUT2D eigenvalue weighted by Crippen LogP contribution is -2.44. The van der Waals surface area contributed by atoms with Crippen molar-refractivity contribution in [1.29, 1.82) is 0 Å². The number of piperidine rings is 1. The van der Waals surface area contributed by atoms with Gasteiger partial charge in [0.1, 0.15) is 0 Å². The van der Waals surface area contributed by atoms with Gasteiger partial charge in [-0.15, -0.1) is 0 Å². The number of amides is 1. The Labute approximate surface area is 124 Å². The van der Waals surface area contributed by atoms with Crippen molar-refractivity contribution in [3.63, 3.8) is 0 Å². The van der Waals surface area contributed by atoms with Crippen LogP contribution in [0.15, 0.2) is 24.3 Å². The molecule has 2 rings (SSSR count). The summed E-state index contributed by atoms with van der Waals surface area (Å²) in [7, 11) is 0. The Balaban J connectivity index is 2.17. The molecule has 1 aliphatic heterocycles. The van der Waals surface area contributed by atoms with E-state index in [0.717, 1.165) is 32.4 Å². The Morgan fingerprint density at radius 3 is 2.57 bits per heavy atom. The van der Waals surface area contributed by atoms with Gasteiger partial charge in [0.15, 0.2) is 0 Å². The largest absolute Gasteiger partial charge is 0.481 e. The summed E-state index contributed by atoms with van der Waals surface area (Å²) < 4.78 is 0. The van der Waals surface area contributed by atoms with E-state index < -0.39 is 5.97 Å². The maximum atomic E-state index is 12.7. The summed E-state index contributed by atoms with van der Waals surface area (Å²) in [6.07, 6.45) is 2.34. The molecule has 1 saturated heterocycles. The van der Waals surface area contributed by atoms with Gasteiger partial charge in [-0.3, -0.25) is 9.59 Å². The second-order valence-electron chi connectivity index (χ2n) is 5.57. The molecule has 1 aliphatic rings. The molecule has 1 amide bonds. The third kappa shape index (κ3) is 3.61. The van der Waals surface area contributed by atoms with E-state index in [4.69, 9.17) is 5.11 Å². The zero-order valence-electron chi connectivity index (χ0n) is 12.3. The summed E-state index contributed by atoms with van der Waals surface area (Å²) in [5.41, 5.74) is 0.900. The van der Waals surface area contributed by atoms with E-state index >= 15 is 0 Å². The molecule has 21 heavy (non-hydrogen) atoms. The van der Waals surface area contributed by atoms with Gasteiger partial charge in [0.25, 0.3) is 0 Å². The topological polar surface area (TPSA) is 78.4 Å². The van der Waals surface area contributed by atoms with E-state index in [2.05, 4.69) is 10.6 Å². The lowest BCUT2D eigenvalue weighted by Gasteiger charge is -2.35. The number of hydrogen-bond donors (Lipinski definition) is 3. The van der Waals surface area contributed by atoms with Crippen molar-refractivity contribution in [1.82, 2.24) is 5.32 Å². The molecule has 114 valence electrons. The fraction of sp³-hybridized carbons (Fsp3) is 0.500. The Bertz CT molecular complexity index is 522. The van der Waals surface area contributed by atoms with Crippen LogP contribution < -0.4 is 10.6 Å². The molecule has 0 atom stereocenters. The number of benzene rings is 1. The number of hydrogen-bond acceptors (Lipinski definition) is 3. The minimum Gasteiger partial charge on any atom is -0.481 e. The highest BCUT2D eigenvalue weighted by Gasteiger charge is 2.37. The zero-order valence-corrected chi connectivity index (χ0v) is 12.3. The van der Waals surface area contributed by atoms with E-state index in [1.165, 1.54) is 0 Å². The molecule has 0 bridgehead atoms. The molecule has 5 nitrogen and oxygen atoms in total. The van der Waals surface area contributed by atoms with Crippen molar-refractivity contribution in [2.24, 2.45) is 5.41 Å². The molecule has 0 aliphatic carbocycles. The fourth-order valence-electron chi connectivity index (χ4n) is 2.86. The van der Waals surface area contributed by atoms with E-state index in [1.54, 1.807) is 18.2 Å². The molecular weight excluding hydrogens is 268 g/mol. The van der Waals surface area contributed by atoms with Crippen molar-refractivity contribution in [3.8, 4) is 0 Å². The highest BCUT2D eigenvalue weighted by Crippen LogP contribution is 2.34. The molecular formula is C16H22N2O3. The highest BCUT2D eigenvalue weighted by atomic mass is 16.4. The first-order chi connectivity index (χ1) is 10.1. The van der Waals surface area contributed by atoms with Gasteiger partial charge in [-0.05, 0) is 44.0 Å². The summed E-state index contributed by atoms with van der Waals surface area (Å²) in [4.78, 5) is 23.6. The van der Waals surface area contributed by atoms with Gasteiger partial charge >= 0.3 is 5.97 Å². The van der Waals surface area contributed by atoms with Crippen LogP contribution in [0.1, 0.15) is 31.7 Å². The molecule has 3 N–H and O–H groups in total. The van der Waals surface area contributed by atoms with Gasteiger partial charge in [-0.25, -0.2) is 0 Å². The summed E-state index contributed by atoms with van der Waals surface area (Å²) in [6.45, 7) is 3.73. The Kier molecular flexibility index (Phi) is 4.96. The molecule has 1 aromatic rings. The van der Waals surface area contributed by atoms with Gasteiger partial charge in [0.2, 0.25) is 5.91 Å². The zero-order chi connectivity index (χ0) is 15.3. The Hall–Kier alpha value is -1.88. The number of para-hydroxylation sites is 1. The molecule has 0 saturated carbocycles. The summed E-state index contributed by atoms with van der Waals surface area (Å²) in [5, 5.41) is 15.2. The number of carboxylic acid groups (broad SMARTS) is 1. The first kappa shape index (κ1) is 15.5.